The number of carbonyl (C=O) groups is 2. The predicted octanol–water partition coefficient (Wildman–Crippen LogP) is 1.92. The van der Waals surface area contributed by atoms with E-state index in [0.717, 1.165) is 45.3 Å². The third kappa shape index (κ3) is 3.98. The van der Waals surface area contributed by atoms with Crippen molar-refractivity contribution in [3.8, 4) is 0 Å². The van der Waals surface area contributed by atoms with Crippen LogP contribution in [0.4, 0.5) is 0 Å². The van der Waals surface area contributed by atoms with Gasteiger partial charge < -0.3 is 15.5 Å². The third-order valence-electron chi connectivity index (χ3n) is 4.98. The Bertz CT molecular complexity index is 581. The van der Waals surface area contributed by atoms with Crippen molar-refractivity contribution in [2.75, 3.05) is 19.6 Å². The number of fused-ring (bicyclic) bond motifs is 1. The van der Waals surface area contributed by atoms with Crippen LogP contribution in [0.15, 0.2) is 11.4 Å². The summed E-state index contributed by atoms with van der Waals surface area (Å²) in [4.78, 5) is 28.7. The molecule has 2 unspecified atom stereocenters. The molecule has 3 rings (SSSR count). The Kier molecular flexibility index (Phi) is 5.89. The Morgan fingerprint density at radius 1 is 1.50 bits per heavy atom. The second kappa shape index (κ2) is 8.12. The third-order valence-corrected chi connectivity index (χ3v) is 6.00. The molecule has 2 aliphatic heterocycles. The van der Waals surface area contributed by atoms with Crippen LogP contribution in [0, 0.1) is 5.92 Å². The highest BCUT2D eigenvalue weighted by molar-refractivity contribution is 7.10. The van der Waals surface area contributed by atoms with Gasteiger partial charge in [-0.25, -0.2) is 0 Å². The van der Waals surface area contributed by atoms with Crippen molar-refractivity contribution in [2.45, 2.75) is 51.6 Å². The van der Waals surface area contributed by atoms with E-state index in [1.807, 2.05) is 4.90 Å². The lowest BCUT2D eigenvalue weighted by Gasteiger charge is -2.32. The molecule has 6 heteroatoms. The van der Waals surface area contributed by atoms with E-state index in [-0.39, 0.29) is 23.8 Å². The van der Waals surface area contributed by atoms with Gasteiger partial charge in [-0.05, 0) is 49.2 Å². The number of thiophene rings is 1. The largest absolute Gasteiger partial charge is 0.344 e. The number of carbonyl (C=O) groups excluding carboxylic acids is 2. The van der Waals surface area contributed by atoms with E-state index < -0.39 is 0 Å². The molecule has 1 saturated heterocycles. The first-order valence-electron chi connectivity index (χ1n) is 9.04. The van der Waals surface area contributed by atoms with Crippen molar-refractivity contribution in [1.82, 2.24) is 15.5 Å². The Morgan fingerprint density at radius 3 is 3.12 bits per heavy atom. The average molecular weight is 350 g/mol. The molecule has 2 aliphatic rings. The van der Waals surface area contributed by atoms with Crippen LogP contribution in [0.1, 0.15) is 43.0 Å². The summed E-state index contributed by atoms with van der Waals surface area (Å²) >= 11 is 1.77. The van der Waals surface area contributed by atoms with Gasteiger partial charge in [-0.1, -0.05) is 13.3 Å². The SMILES string of the molecule is CCCC(NC(=O)C1CCCNC1)C(=O)N1CCc2sccc2C1. The number of hydrogen-bond donors (Lipinski definition) is 2. The Hall–Kier alpha value is -1.40. The first-order chi connectivity index (χ1) is 11.7. The summed E-state index contributed by atoms with van der Waals surface area (Å²) in [5, 5.41) is 8.40. The van der Waals surface area contributed by atoms with E-state index in [2.05, 4.69) is 29.0 Å². The van der Waals surface area contributed by atoms with Gasteiger partial charge in [0.2, 0.25) is 11.8 Å². The molecular weight excluding hydrogens is 322 g/mol. The quantitative estimate of drug-likeness (QED) is 0.854. The van der Waals surface area contributed by atoms with Crippen LogP contribution >= 0.6 is 11.3 Å². The molecule has 24 heavy (non-hydrogen) atoms. The molecule has 0 aromatic carbocycles. The zero-order valence-electron chi connectivity index (χ0n) is 14.3. The molecule has 1 aromatic heterocycles. The Labute approximate surface area is 147 Å². The van der Waals surface area contributed by atoms with Gasteiger partial charge in [-0.3, -0.25) is 9.59 Å². The molecule has 132 valence electrons. The van der Waals surface area contributed by atoms with Crippen molar-refractivity contribution in [3.63, 3.8) is 0 Å². The van der Waals surface area contributed by atoms with Crippen molar-refractivity contribution in [2.24, 2.45) is 5.92 Å². The minimum Gasteiger partial charge on any atom is -0.344 e. The molecule has 1 fully saturated rings. The summed E-state index contributed by atoms with van der Waals surface area (Å²) in [6, 6.07) is 1.73. The standard InChI is InChI=1S/C18H27N3O2S/c1-2-4-15(20-17(22)13-5-3-8-19-11-13)18(23)21-9-6-16-14(12-21)7-10-24-16/h7,10,13,15,19H,2-6,8-9,11-12H2,1H3,(H,20,22). The fraction of sp³-hybridized carbons (Fsp3) is 0.667. The highest BCUT2D eigenvalue weighted by atomic mass is 32.1. The van der Waals surface area contributed by atoms with Gasteiger partial charge in [0.15, 0.2) is 0 Å². The summed E-state index contributed by atoms with van der Waals surface area (Å²) in [5.41, 5.74) is 1.26. The van der Waals surface area contributed by atoms with E-state index in [4.69, 9.17) is 0 Å². The summed E-state index contributed by atoms with van der Waals surface area (Å²) in [6.45, 7) is 5.20. The fourth-order valence-electron chi connectivity index (χ4n) is 3.57. The van der Waals surface area contributed by atoms with E-state index in [9.17, 15) is 9.59 Å². The molecule has 1 aromatic rings. The number of rotatable bonds is 5. The van der Waals surface area contributed by atoms with Crippen LogP contribution in [-0.4, -0.2) is 42.4 Å². The minimum absolute atomic E-state index is 0.00395. The lowest BCUT2D eigenvalue weighted by Crippen LogP contribution is -2.52. The van der Waals surface area contributed by atoms with Gasteiger partial charge in [-0.15, -0.1) is 11.3 Å². The molecular formula is C18H27N3O2S. The topological polar surface area (TPSA) is 61.4 Å². The van der Waals surface area contributed by atoms with Gasteiger partial charge >= 0.3 is 0 Å². The molecule has 2 amide bonds. The van der Waals surface area contributed by atoms with E-state index >= 15 is 0 Å². The molecule has 2 N–H and O–H groups in total. The average Bonchev–Trinajstić information content (AvgIpc) is 3.09. The van der Waals surface area contributed by atoms with Crippen molar-refractivity contribution in [1.29, 1.82) is 0 Å². The monoisotopic (exact) mass is 349 g/mol. The lowest BCUT2D eigenvalue weighted by atomic mass is 9.97. The lowest BCUT2D eigenvalue weighted by molar-refractivity contribution is -0.138. The number of nitrogens with zero attached hydrogens (tertiary/aromatic N) is 1. The van der Waals surface area contributed by atoms with Crippen molar-refractivity contribution >= 4 is 23.2 Å². The normalized spacial score (nSPS) is 21.9. The first kappa shape index (κ1) is 17.4. The molecule has 0 spiro atoms. The summed E-state index contributed by atoms with van der Waals surface area (Å²) in [6.07, 6.45) is 4.46. The van der Waals surface area contributed by atoms with Crippen molar-refractivity contribution < 1.29 is 9.59 Å². The number of amides is 2. The maximum Gasteiger partial charge on any atom is 0.245 e. The first-order valence-corrected chi connectivity index (χ1v) is 9.92. The second-order valence-corrected chi connectivity index (χ2v) is 7.77. The molecule has 0 saturated carbocycles. The number of piperidine rings is 1. The smallest absolute Gasteiger partial charge is 0.245 e. The fourth-order valence-corrected chi connectivity index (χ4v) is 4.46. The van der Waals surface area contributed by atoms with Gasteiger partial charge in [-0.2, -0.15) is 0 Å². The maximum absolute atomic E-state index is 12.9. The van der Waals surface area contributed by atoms with Crippen molar-refractivity contribution in [3.05, 3.63) is 21.9 Å². The van der Waals surface area contributed by atoms with E-state index in [1.54, 1.807) is 11.3 Å². The van der Waals surface area contributed by atoms with Crippen LogP contribution in [0.3, 0.4) is 0 Å². The van der Waals surface area contributed by atoms with Crippen LogP contribution < -0.4 is 10.6 Å². The summed E-state index contributed by atoms with van der Waals surface area (Å²) in [5.74, 6) is 0.101. The highest BCUT2D eigenvalue weighted by Crippen LogP contribution is 2.24. The van der Waals surface area contributed by atoms with E-state index in [1.165, 1.54) is 10.4 Å². The number of hydrogen-bond acceptors (Lipinski definition) is 4. The summed E-state index contributed by atoms with van der Waals surface area (Å²) < 4.78 is 0. The molecule has 3 heterocycles. The van der Waals surface area contributed by atoms with Crippen LogP contribution in [0.2, 0.25) is 0 Å². The molecule has 2 atom stereocenters. The van der Waals surface area contributed by atoms with Crippen LogP contribution in [-0.2, 0) is 22.6 Å². The van der Waals surface area contributed by atoms with Gasteiger partial charge in [0.25, 0.3) is 0 Å². The Morgan fingerprint density at radius 2 is 2.38 bits per heavy atom. The molecule has 0 bridgehead atoms. The minimum atomic E-state index is -0.385. The van der Waals surface area contributed by atoms with Gasteiger partial charge in [0.1, 0.15) is 6.04 Å². The second-order valence-electron chi connectivity index (χ2n) is 6.77. The Balaban J connectivity index is 1.62. The van der Waals surface area contributed by atoms with Crippen LogP contribution in [0.5, 0.6) is 0 Å². The zero-order chi connectivity index (χ0) is 16.9. The maximum atomic E-state index is 12.9. The molecule has 5 nitrogen and oxygen atoms in total. The molecule has 0 aliphatic carbocycles. The van der Waals surface area contributed by atoms with E-state index in [0.29, 0.717) is 13.0 Å². The van der Waals surface area contributed by atoms with Crippen LogP contribution in [0.25, 0.3) is 0 Å². The summed E-state index contributed by atoms with van der Waals surface area (Å²) in [7, 11) is 0. The molecule has 0 radical (unpaired) electrons. The van der Waals surface area contributed by atoms with Gasteiger partial charge in [0.05, 0.1) is 5.92 Å². The van der Waals surface area contributed by atoms with Gasteiger partial charge in [0, 0.05) is 24.5 Å². The number of nitrogens with one attached hydrogen (secondary N) is 2. The highest BCUT2D eigenvalue weighted by Gasteiger charge is 2.30. The predicted molar refractivity (Wildman–Crippen MR) is 95.9 cm³/mol. The zero-order valence-corrected chi connectivity index (χ0v) is 15.2.